The molecular formula is C7H11NS2. The Morgan fingerprint density at radius 1 is 1.80 bits per heavy atom. The summed E-state index contributed by atoms with van der Waals surface area (Å²) < 4.78 is 0. The molecule has 10 heavy (non-hydrogen) atoms. The van der Waals surface area contributed by atoms with E-state index in [0.717, 1.165) is 5.75 Å². The molecule has 3 heteroatoms. The Labute approximate surface area is 69.6 Å². The van der Waals surface area contributed by atoms with Gasteiger partial charge < -0.3 is 5.73 Å². The fourth-order valence-electron chi connectivity index (χ4n) is 0.608. The van der Waals surface area contributed by atoms with Gasteiger partial charge in [0, 0.05) is 16.0 Å². The second-order valence-electron chi connectivity index (χ2n) is 2.10. The van der Waals surface area contributed by atoms with Gasteiger partial charge in [0.25, 0.3) is 0 Å². The van der Waals surface area contributed by atoms with Crippen molar-refractivity contribution >= 4 is 23.1 Å². The molecule has 0 fully saturated rings. The lowest BCUT2D eigenvalue weighted by Crippen LogP contribution is -2.08. The first-order valence-corrected chi connectivity index (χ1v) is 5.11. The summed E-state index contributed by atoms with van der Waals surface area (Å²) in [7, 11) is 0. The summed E-state index contributed by atoms with van der Waals surface area (Å²) in [5.41, 5.74) is 5.58. The molecule has 1 unspecified atom stereocenters. The minimum absolute atomic E-state index is 0.252. The van der Waals surface area contributed by atoms with E-state index in [9.17, 15) is 0 Å². The van der Waals surface area contributed by atoms with Crippen LogP contribution in [-0.2, 0) is 5.75 Å². The summed E-state index contributed by atoms with van der Waals surface area (Å²) in [5.74, 6) is 1.05. The van der Waals surface area contributed by atoms with Crippen LogP contribution < -0.4 is 5.73 Å². The average Bonchev–Trinajstić information content (AvgIpc) is 2.34. The lowest BCUT2D eigenvalue weighted by Gasteiger charge is -2.01. The van der Waals surface area contributed by atoms with Crippen LogP contribution in [0.1, 0.15) is 11.8 Å². The Kier molecular flexibility index (Phi) is 3.25. The summed E-state index contributed by atoms with van der Waals surface area (Å²) in [6.07, 6.45) is 0. The highest BCUT2D eigenvalue weighted by molar-refractivity contribution is 7.99. The van der Waals surface area contributed by atoms with E-state index in [1.165, 1.54) is 4.88 Å². The van der Waals surface area contributed by atoms with Crippen LogP contribution in [0.2, 0.25) is 0 Å². The topological polar surface area (TPSA) is 26.0 Å². The lowest BCUT2D eigenvalue weighted by molar-refractivity contribution is 1.04. The molecular weight excluding hydrogens is 162 g/mol. The Morgan fingerprint density at radius 3 is 3.10 bits per heavy atom. The first-order chi connectivity index (χ1) is 4.79. The highest BCUT2D eigenvalue weighted by atomic mass is 32.2. The van der Waals surface area contributed by atoms with Crippen molar-refractivity contribution in [2.45, 2.75) is 18.1 Å². The molecule has 0 bridgehead atoms. The van der Waals surface area contributed by atoms with Crippen LogP contribution in [0, 0.1) is 0 Å². The third-order valence-corrected chi connectivity index (χ3v) is 3.13. The standard InChI is InChI=1S/C7H11NS2/c1-6(8)10-5-7-3-2-4-9-7/h2-4,6H,5,8H2,1H3. The van der Waals surface area contributed by atoms with E-state index in [4.69, 9.17) is 5.73 Å². The van der Waals surface area contributed by atoms with Crippen LogP contribution in [0.15, 0.2) is 17.5 Å². The zero-order chi connectivity index (χ0) is 7.40. The number of hydrogen-bond acceptors (Lipinski definition) is 3. The van der Waals surface area contributed by atoms with Gasteiger partial charge in [0.2, 0.25) is 0 Å². The Hall–Kier alpha value is 0.01000. The monoisotopic (exact) mass is 173 g/mol. The van der Waals surface area contributed by atoms with Crippen LogP contribution in [0.25, 0.3) is 0 Å². The molecule has 0 saturated carbocycles. The number of hydrogen-bond donors (Lipinski definition) is 1. The average molecular weight is 173 g/mol. The third kappa shape index (κ3) is 2.73. The molecule has 1 heterocycles. The number of nitrogens with two attached hydrogens (primary N) is 1. The van der Waals surface area contributed by atoms with E-state index in [1.807, 2.05) is 6.92 Å². The van der Waals surface area contributed by atoms with Crippen molar-refractivity contribution in [2.75, 3.05) is 0 Å². The zero-order valence-electron chi connectivity index (χ0n) is 5.91. The highest BCUT2D eigenvalue weighted by Crippen LogP contribution is 2.18. The molecule has 0 radical (unpaired) electrons. The van der Waals surface area contributed by atoms with Gasteiger partial charge in [-0.25, -0.2) is 0 Å². The van der Waals surface area contributed by atoms with Crippen molar-refractivity contribution < 1.29 is 0 Å². The summed E-state index contributed by atoms with van der Waals surface area (Å²) >= 11 is 3.57. The van der Waals surface area contributed by atoms with Gasteiger partial charge in [-0.3, -0.25) is 0 Å². The molecule has 0 aliphatic heterocycles. The molecule has 1 rings (SSSR count). The highest BCUT2D eigenvalue weighted by Gasteiger charge is 1.96. The van der Waals surface area contributed by atoms with Crippen molar-refractivity contribution in [1.82, 2.24) is 0 Å². The molecule has 1 aromatic heterocycles. The first-order valence-electron chi connectivity index (χ1n) is 3.18. The van der Waals surface area contributed by atoms with E-state index in [1.54, 1.807) is 23.1 Å². The molecule has 2 N–H and O–H groups in total. The largest absolute Gasteiger partial charge is 0.320 e. The van der Waals surface area contributed by atoms with Gasteiger partial charge in [0.15, 0.2) is 0 Å². The van der Waals surface area contributed by atoms with E-state index < -0.39 is 0 Å². The van der Waals surface area contributed by atoms with Crippen molar-refractivity contribution in [3.63, 3.8) is 0 Å². The molecule has 56 valence electrons. The van der Waals surface area contributed by atoms with E-state index in [0.29, 0.717) is 0 Å². The van der Waals surface area contributed by atoms with Gasteiger partial charge in [-0.05, 0) is 18.4 Å². The minimum atomic E-state index is 0.252. The van der Waals surface area contributed by atoms with E-state index in [2.05, 4.69) is 17.5 Å². The predicted octanol–water partition coefficient (Wildman–Crippen LogP) is 2.29. The SMILES string of the molecule is CC(N)SCc1cccs1. The Morgan fingerprint density at radius 2 is 2.60 bits per heavy atom. The molecule has 0 aliphatic rings. The maximum atomic E-state index is 5.58. The minimum Gasteiger partial charge on any atom is -0.320 e. The molecule has 0 aliphatic carbocycles. The summed E-state index contributed by atoms with van der Waals surface area (Å²) in [6, 6.07) is 4.21. The lowest BCUT2D eigenvalue weighted by atomic mass is 10.5. The number of rotatable bonds is 3. The van der Waals surface area contributed by atoms with Gasteiger partial charge in [-0.1, -0.05) is 6.07 Å². The van der Waals surface area contributed by atoms with Gasteiger partial charge in [0.1, 0.15) is 0 Å². The molecule has 0 amide bonds. The number of thioether (sulfide) groups is 1. The van der Waals surface area contributed by atoms with Crippen molar-refractivity contribution in [1.29, 1.82) is 0 Å². The molecule has 1 atom stereocenters. The van der Waals surface area contributed by atoms with Gasteiger partial charge >= 0.3 is 0 Å². The Balaban J connectivity index is 2.28. The zero-order valence-corrected chi connectivity index (χ0v) is 7.54. The third-order valence-electron chi connectivity index (χ3n) is 1.07. The fourth-order valence-corrected chi connectivity index (χ4v) is 2.10. The fraction of sp³-hybridized carbons (Fsp3) is 0.429. The molecule has 0 spiro atoms. The van der Waals surface area contributed by atoms with Crippen molar-refractivity contribution in [3.8, 4) is 0 Å². The van der Waals surface area contributed by atoms with E-state index in [-0.39, 0.29) is 5.37 Å². The summed E-state index contributed by atoms with van der Waals surface area (Å²) in [4.78, 5) is 1.40. The van der Waals surface area contributed by atoms with Crippen LogP contribution in [0.4, 0.5) is 0 Å². The smallest absolute Gasteiger partial charge is 0.0482 e. The molecule has 1 aromatic rings. The normalized spacial score (nSPS) is 13.4. The van der Waals surface area contributed by atoms with Crippen LogP contribution >= 0.6 is 23.1 Å². The molecule has 0 aromatic carbocycles. The van der Waals surface area contributed by atoms with Crippen LogP contribution in [0.3, 0.4) is 0 Å². The maximum Gasteiger partial charge on any atom is 0.0482 e. The second-order valence-corrected chi connectivity index (χ2v) is 4.49. The molecule has 0 saturated heterocycles. The summed E-state index contributed by atoms with van der Waals surface area (Å²) in [5, 5.41) is 2.35. The number of thiophene rings is 1. The van der Waals surface area contributed by atoms with Crippen molar-refractivity contribution in [3.05, 3.63) is 22.4 Å². The first kappa shape index (κ1) is 8.11. The quantitative estimate of drug-likeness (QED) is 0.710. The predicted molar refractivity (Wildman–Crippen MR) is 49.3 cm³/mol. The molecule has 1 nitrogen and oxygen atoms in total. The Bertz CT molecular complexity index is 170. The van der Waals surface area contributed by atoms with Gasteiger partial charge in [-0.2, -0.15) is 0 Å². The second kappa shape index (κ2) is 4.01. The van der Waals surface area contributed by atoms with Gasteiger partial charge in [-0.15, -0.1) is 23.1 Å². The van der Waals surface area contributed by atoms with Gasteiger partial charge in [0.05, 0.1) is 0 Å². The van der Waals surface area contributed by atoms with Crippen molar-refractivity contribution in [2.24, 2.45) is 5.73 Å². The summed E-state index contributed by atoms with van der Waals surface area (Å²) in [6.45, 7) is 2.01. The maximum absolute atomic E-state index is 5.58. The van der Waals surface area contributed by atoms with Crippen LogP contribution in [-0.4, -0.2) is 5.37 Å². The van der Waals surface area contributed by atoms with Crippen LogP contribution in [0.5, 0.6) is 0 Å². The van der Waals surface area contributed by atoms with E-state index >= 15 is 0 Å².